The lowest BCUT2D eigenvalue weighted by molar-refractivity contribution is -0.137. The number of allylic oxidation sites excluding steroid dienone is 1. The van der Waals surface area contributed by atoms with Crippen molar-refractivity contribution in [2.24, 2.45) is 0 Å². The second-order valence-corrected chi connectivity index (χ2v) is 9.78. The maximum absolute atomic E-state index is 13.8. The van der Waals surface area contributed by atoms with Crippen LogP contribution in [0.3, 0.4) is 0 Å². The SMILES string of the molecule is C/C=C(\O)Nc1cc(N2CCc3cc(-c4cc(C5CCCCO5)cc(C(F)(F)F)c4)ccc3C2=O)ccc1O. The van der Waals surface area contributed by atoms with Crippen molar-refractivity contribution in [3.8, 4) is 16.9 Å². The number of aromatic hydroxyl groups is 1. The van der Waals surface area contributed by atoms with Crippen LogP contribution in [-0.4, -0.2) is 29.3 Å². The highest BCUT2D eigenvalue weighted by Crippen LogP contribution is 2.39. The Morgan fingerprint density at radius 2 is 1.90 bits per heavy atom. The van der Waals surface area contributed by atoms with Crippen LogP contribution in [0.1, 0.15) is 59.3 Å². The van der Waals surface area contributed by atoms with E-state index in [9.17, 15) is 28.2 Å². The Balaban J connectivity index is 1.46. The van der Waals surface area contributed by atoms with Gasteiger partial charge in [0.05, 0.1) is 17.4 Å². The number of phenolic OH excluding ortho intramolecular Hbond substituents is 1. The predicted molar refractivity (Wildman–Crippen MR) is 143 cm³/mol. The predicted octanol–water partition coefficient (Wildman–Crippen LogP) is 7.35. The molecule has 2 heterocycles. The summed E-state index contributed by atoms with van der Waals surface area (Å²) in [4.78, 5) is 15.0. The highest BCUT2D eigenvalue weighted by atomic mass is 19.4. The average molecular weight is 539 g/mol. The average Bonchev–Trinajstić information content (AvgIpc) is 2.94. The number of carbonyl (C=O) groups is 1. The third-order valence-corrected chi connectivity index (χ3v) is 7.18. The molecule has 1 amide bonds. The van der Waals surface area contributed by atoms with E-state index in [1.807, 2.05) is 0 Å². The number of carbonyl (C=O) groups excluding carboxylic acids is 1. The molecule has 0 saturated carbocycles. The van der Waals surface area contributed by atoms with Crippen LogP contribution in [0.4, 0.5) is 24.5 Å². The molecule has 1 saturated heterocycles. The first-order valence-corrected chi connectivity index (χ1v) is 12.9. The molecule has 1 unspecified atom stereocenters. The van der Waals surface area contributed by atoms with Gasteiger partial charge < -0.3 is 25.2 Å². The lowest BCUT2D eigenvalue weighted by Crippen LogP contribution is -2.37. The fraction of sp³-hybridized carbons (Fsp3) is 0.300. The molecule has 5 rings (SSSR count). The number of nitrogens with zero attached hydrogens (tertiary/aromatic N) is 1. The second kappa shape index (κ2) is 10.6. The van der Waals surface area contributed by atoms with Crippen molar-refractivity contribution in [2.75, 3.05) is 23.4 Å². The van der Waals surface area contributed by atoms with Gasteiger partial charge in [-0.05, 0) is 103 Å². The molecule has 6 nitrogen and oxygen atoms in total. The van der Waals surface area contributed by atoms with Crippen molar-refractivity contribution in [2.45, 2.75) is 44.9 Å². The van der Waals surface area contributed by atoms with E-state index in [-0.39, 0.29) is 29.3 Å². The van der Waals surface area contributed by atoms with E-state index in [1.54, 1.807) is 48.2 Å². The van der Waals surface area contributed by atoms with Gasteiger partial charge in [0.15, 0.2) is 5.88 Å². The summed E-state index contributed by atoms with van der Waals surface area (Å²) < 4.78 is 47.1. The summed E-state index contributed by atoms with van der Waals surface area (Å²) in [6.45, 7) is 2.51. The van der Waals surface area contributed by atoms with Gasteiger partial charge in [-0.3, -0.25) is 4.79 Å². The first-order valence-electron chi connectivity index (χ1n) is 12.9. The Labute approximate surface area is 224 Å². The van der Waals surface area contributed by atoms with Crippen LogP contribution in [-0.2, 0) is 17.3 Å². The number of aliphatic hydroxyl groups excluding tert-OH is 1. The summed E-state index contributed by atoms with van der Waals surface area (Å²) in [5.74, 6) is -0.478. The van der Waals surface area contributed by atoms with Gasteiger partial charge in [0.25, 0.3) is 5.91 Å². The Kier molecular flexibility index (Phi) is 7.27. The van der Waals surface area contributed by atoms with E-state index in [2.05, 4.69) is 5.32 Å². The number of rotatable bonds is 5. The minimum absolute atomic E-state index is 0.0827. The van der Waals surface area contributed by atoms with E-state index in [0.717, 1.165) is 24.5 Å². The Morgan fingerprint density at radius 3 is 2.62 bits per heavy atom. The van der Waals surface area contributed by atoms with Gasteiger partial charge in [0.2, 0.25) is 0 Å². The lowest BCUT2D eigenvalue weighted by Gasteiger charge is -2.29. The minimum atomic E-state index is -4.49. The third kappa shape index (κ3) is 5.59. The molecule has 0 bridgehead atoms. The number of alkyl halides is 3. The summed E-state index contributed by atoms with van der Waals surface area (Å²) in [6.07, 6.45) is -0.449. The van der Waals surface area contributed by atoms with Gasteiger partial charge in [-0.25, -0.2) is 0 Å². The van der Waals surface area contributed by atoms with Crippen LogP contribution >= 0.6 is 0 Å². The number of aliphatic hydroxyl groups is 1. The number of ether oxygens (including phenoxy) is 1. The topological polar surface area (TPSA) is 82.0 Å². The molecule has 0 spiro atoms. The summed E-state index contributed by atoms with van der Waals surface area (Å²) in [6, 6.07) is 13.8. The number of anilines is 2. The quantitative estimate of drug-likeness (QED) is 0.234. The number of nitrogens with one attached hydrogen (secondary N) is 1. The highest BCUT2D eigenvalue weighted by molar-refractivity contribution is 6.08. The van der Waals surface area contributed by atoms with Gasteiger partial charge in [0.1, 0.15) is 5.75 Å². The monoisotopic (exact) mass is 538 g/mol. The molecule has 1 fully saturated rings. The molecule has 2 aliphatic rings. The number of fused-ring (bicyclic) bond motifs is 1. The first kappa shape index (κ1) is 26.6. The van der Waals surface area contributed by atoms with Crippen LogP contribution in [0.15, 0.2) is 66.6 Å². The first-order chi connectivity index (χ1) is 18.6. The van der Waals surface area contributed by atoms with Gasteiger partial charge >= 0.3 is 6.18 Å². The molecule has 0 aromatic heterocycles. The molecule has 204 valence electrons. The van der Waals surface area contributed by atoms with Crippen LogP contribution in [0.5, 0.6) is 5.75 Å². The minimum Gasteiger partial charge on any atom is -0.506 e. The Bertz CT molecular complexity index is 1430. The number of benzene rings is 3. The van der Waals surface area contributed by atoms with E-state index in [1.165, 1.54) is 18.2 Å². The molecule has 3 N–H and O–H groups in total. The van der Waals surface area contributed by atoms with Crippen LogP contribution in [0.2, 0.25) is 0 Å². The Morgan fingerprint density at radius 1 is 1.08 bits per heavy atom. The smallest absolute Gasteiger partial charge is 0.416 e. The van der Waals surface area contributed by atoms with E-state index >= 15 is 0 Å². The molecule has 0 radical (unpaired) electrons. The van der Waals surface area contributed by atoms with E-state index < -0.39 is 11.7 Å². The van der Waals surface area contributed by atoms with Crippen molar-refractivity contribution in [3.63, 3.8) is 0 Å². The van der Waals surface area contributed by atoms with Gasteiger partial charge in [-0.2, -0.15) is 13.2 Å². The fourth-order valence-corrected chi connectivity index (χ4v) is 5.09. The summed E-state index contributed by atoms with van der Waals surface area (Å²) in [5.41, 5.74) is 2.84. The highest BCUT2D eigenvalue weighted by Gasteiger charge is 2.33. The molecular weight excluding hydrogens is 509 g/mol. The van der Waals surface area contributed by atoms with Crippen LogP contribution in [0.25, 0.3) is 11.1 Å². The number of phenols is 1. The van der Waals surface area contributed by atoms with Crippen molar-refractivity contribution in [1.82, 2.24) is 0 Å². The summed E-state index contributed by atoms with van der Waals surface area (Å²) >= 11 is 0. The van der Waals surface area contributed by atoms with Crippen molar-refractivity contribution in [1.29, 1.82) is 0 Å². The normalized spacial score (nSPS) is 18.2. The molecule has 3 aromatic carbocycles. The molecule has 39 heavy (non-hydrogen) atoms. The molecule has 3 aromatic rings. The fourth-order valence-electron chi connectivity index (χ4n) is 5.09. The van der Waals surface area contributed by atoms with Crippen LogP contribution in [0, 0.1) is 0 Å². The second-order valence-electron chi connectivity index (χ2n) is 9.78. The maximum Gasteiger partial charge on any atom is 0.416 e. The number of hydrogen-bond donors (Lipinski definition) is 3. The maximum atomic E-state index is 13.8. The molecule has 1 atom stereocenters. The standard InChI is InChI=1S/C30H29F3N2O4/c1-2-28(37)34-25-17-23(7-9-26(25)36)35-11-10-19-13-18(6-8-24(19)29(35)38)20-14-21(27-5-3-4-12-39-27)16-22(15-20)30(31,32)33/h2,6-9,13-17,27,34,36-37H,3-5,10-12H2,1H3/b28-2-. The van der Waals surface area contributed by atoms with Gasteiger partial charge in [-0.1, -0.05) is 12.1 Å². The molecular formula is C30H29F3N2O4. The Hall–Kier alpha value is -3.98. The summed E-state index contributed by atoms with van der Waals surface area (Å²) in [5, 5.41) is 22.6. The lowest BCUT2D eigenvalue weighted by atomic mass is 9.91. The van der Waals surface area contributed by atoms with Crippen molar-refractivity contribution >= 4 is 17.3 Å². The largest absolute Gasteiger partial charge is 0.506 e. The number of halogens is 3. The zero-order chi connectivity index (χ0) is 27.7. The zero-order valence-electron chi connectivity index (χ0n) is 21.4. The van der Waals surface area contributed by atoms with Crippen molar-refractivity contribution < 1.29 is 32.9 Å². The number of amides is 1. The zero-order valence-corrected chi connectivity index (χ0v) is 21.4. The van der Waals surface area contributed by atoms with Gasteiger partial charge in [-0.15, -0.1) is 0 Å². The third-order valence-electron chi connectivity index (χ3n) is 7.18. The van der Waals surface area contributed by atoms with Gasteiger partial charge in [0, 0.05) is 24.4 Å². The molecule has 2 aliphatic heterocycles. The van der Waals surface area contributed by atoms with E-state index in [0.29, 0.717) is 53.9 Å². The van der Waals surface area contributed by atoms with E-state index in [4.69, 9.17) is 4.74 Å². The van der Waals surface area contributed by atoms with Crippen molar-refractivity contribution in [3.05, 3.63) is 88.8 Å². The summed E-state index contributed by atoms with van der Waals surface area (Å²) in [7, 11) is 0. The van der Waals surface area contributed by atoms with Crippen LogP contribution < -0.4 is 10.2 Å². The molecule has 9 heteroatoms. The molecule has 0 aliphatic carbocycles. The number of hydrogen-bond acceptors (Lipinski definition) is 5.